The predicted molar refractivity (Wildman–Crippen MR) is 163 cm³/mol. The van der Waals surface area contributed by atoms with E-state index in [1.54, 1.807) is 67.6 Å². The number of hydrogen-bond donors (Lipinski definition) is 1. The smallest absolute Gasteiger partial charge is 0.264 e. The van der Waals surface area contributed by atoms with Gasteiger partial charge in [-0.3, -0.25) is 13.9 Å². The fraction of sp³-hybridized carbons (Fsp3) is 0.333. The van der Waals surface area contributed by atoms with Crippen molar-refractivity contribution in [3.05, 3.63) is 88.4 Å². The van der Waals surface area contributed by atoms with Gasteiger partial charge in [-0.1, -0.05) is 61.3 Å². The molecule has 220 valence electrons. The van der Waals surface area contributed by atoms with Gasteiger partial charge in [0, 0.05) is 28.7 Å². The van der Waals surface area contributed by atoms with E-state index in [4.69, 9.17) is 27.9 Å². The molecule has 3 aromatic rings. The topological polar surface area (TPSA) is 96.0 Å². The van der Waals surface area contributed by atoms with Gasteiger partial charge in [-0.2, -0.15) is 0 Å². The number of anilines is 1. The van der Waals surface area contributed by atoms with Gasteiger partial charge in [0.1, 0.15) is 18.3 Å². The van der Waals surface area contributed by atoms with Gasteiger partial charge in [0.15, 0.2) is 0 Å². The van der Waals surface area contributed by atoms with E-state index in [1.807, 2.05) is 20.8 Å². The van der Waals surface area contributed by atoms with E-state index in [0.29, 0.717) is 34.5 Å². The monoisotopic (exact) mass is 619 g/mol. The van der Waals surface area contributed by atoms with Crippen molar-refractivity contribution in [3.63, 3.8) is 0 Å². The molecule has 0 aliphatic carbocycles. The lowest BCUT2D eigenvalue weighted by molar-refractivity contribution is -0.139. The summed E-state index contributed by atoms with van der Waals surface area (Å²) in [6.07, 6.45) is 0. The maximum Gasteiger partial charge on any atom is 0.264 e. The molecule has 0 spiro atoms. The minimum atomic E-state index is -4.17. The van der Waals surface area contributed by atoms with Crippen molar-refractivity contribution in [3.8, 4) is 5.75 Å². The molecule has 2 amide bonds. The Morgan fingerprint density at radius 3 is 2.07 bits per heavy atom. The standard InChI is InChI=1S/C30H35Cl2N3O5S/c1-5-40-24-16-14-23(15-17-24)35(41(38,39)25-10-7-6-8-11-25)20-29(36)34(22(4)30(37)33-18-21(2)3)19-26-27(31)12-9-13-28(26)32/h6-17,21-22H,5,18-20H2,1-4H3,(H,33,37)/t22-/m0/s1. The van der Waals surface area contributed by atoms with Gasteiger partial charge in [-0.05, 0) is 68.3 Å². The lowest BCUT2D eigenvalue weighted by atomic mass is 10.1. The average molecular weight is 621 g/mol. The maximum absolute atomic E-state index is 14.0. The molecule has 1 N–H and O–H groups in total. The van der Waals surface area contributed by atoms with E-state index in [9.17, 15) is 18.0 Å². The Hall–Kier alpha value is -3.27. The minimum absolute atomic E-state index is 0.0186. The van der Waals surface area contributed by atoms with Crippen LogP contribution in [0.1, 0.15) is 33.3 Å². The molecule has 0 aliphatic heterocycles. The Labute approximate surface area is 252 Å². The molecule has 0 bridgehead atoms. The molecule has 0 aliphatic rings. The van der Waals surface area contributed by atoms with E-state index >= 15 is 0 Å². The van der Waals surface area contributed by atoms with Crippen molar-refractivity contribution < 1.29 is 22.7 Å². The number of benzene rings is 3. The summed E-state index contributed by atoms with van der Waals surface area (Å²) >= 11 is 12.8. The van der Waals surface area contributed by atoms with Crippen molar-refractivity contribution in [2.24, 2.45) is 5.92 Å². The molecule has 0 aromatic heterocycles. The number of carbonyl (C=O) groups is 2. The molecule has 0 unspecified atom stereocenters. The number of halogens is 2. The van der Waals surface area contributed by atoms with E-state index in [2.05, 4.69) is 5.32 Å². The molecule has 0 saturated carbocycles. The largest absolute Gasteiger partial charge is 0.494 e. The second kappa shape index (κ2) is 14.6. The molecule has 41 heavy (non-hydrogen) atoms. The summed E-state index contributed by atoms with van der Waals surface area (Å²) in [5, 5.41) is 3.50. The van der Waals surface area contributed by atoms with Crippen LogP contribution in [0.15, 0.2) is 77.7 Å². The molecule has 0 saturated heterocycles. The first-order valence-electron chi connectivity index (χ1n) is 13.3. The van der Waals surface area contributed by atoms with Crippen LogP contribution in [0.3, 0.4) is 0 Å². The molecule has 3 aromatic carbocycles. The van der Waals surface area contributed by atoms with Crippen LogP contribution in [0.2, 0.25) is 10.0 Å². The minimum Gasteiger partial charge on any atom is -0.494 e. The van der Waals surface area contributed by atoms with Gasteiger partial charge in [-0.15, -0.1) is 0 Å². The highest BCUT2D eigenvalue weighted by atomic mass is 35.5. The Balaban J connectivity index is 2.04. The zero-order valence-corrected chi connectivity index (χ0v) is 25.8. The highest BCUT2D eigenvalue weighted by Crippen LogP contribution is 2.29. The van der Waals surface area contributed by atoms with E-state index in [0.717, 1.165) is 4.31 Å². The van der Waals surface area contributed by atoms with Crippen LogP contribution in [0, 0.1) is 5.92 Å². The highest BCUT2D eigenvalue weighted by molar-refractivity contribution is 7.92. The van der Waals surface area contributed by atoms with Crippen LogP contribution in [-0.2, 0) is 26.2 Å². The SMILES string of the molecule is CCOc1ccc(N(CC(=O)N(Cc2c(Cl)cccc2Cl)[C@@H](C)C(=O)NCC(C)C)S(=O)(=O)c2ccccc2)cc1. The Morgan fingerprint density at radius 1 is 0.902 bits per heavy atom. The van der Waals surface area contributed by atoms with Crippen molar-refractivity contribution in [2.75, 3.05) is 24.0 Å². The number of carbonyl (C=O) groups excluding carboxylic acids is 2. The van der Waals surface area contributed by atoms with Crippen molar-refractivity contribution in [1.82, 2.24) is 10.2 Å². The van der Waals surface area contributed by atoms with Crippen LogP contribution in [0.25, 0.3) is 0 Å². The summed E-state index contributed by atoms with van der Waals surface area (Å²) in [7, 11) is -4.17. The molecule has 1 atom stereocenters. The van der Waals surface area contributed by atoms with Crippen molar-refractivity contribution in [2.45, 2.75) is 45.2 Å². The predicted octanol–water partition coefficient (Wildman–Crippen LogP) is 5.78. The summed E-state index contributed by atoms with van der Waals surface area (Å²) in [4.78, 5) is 28.4. The average Bonchev–Trinajstić information content (AvgIpc) is 2.95. The maximum atomic E-state index is 14.0. The fourth-order valence-corrected chi connectivity index (χ4v) is 5.96. The normalized spacial score (nSPS) is 12.1. The van der Waals surface area contributed by atoms with Crippen LogP contribution >= 0.6 is 23.2 Å². The third-order valence-electron chi connectivity index (χ3n) is 6.29. The summed E-state index contributed by atoms with van der Waals surface area (Å²) in [5.41, 5.74) is 0.713. The quantitative estimate of drug-likeness (QED) is 0.262. The van der Waals surface area contributed by atoms with Crippen LogP contribution in [0.5, 0.6) is 5.75 Å². The van der Waals surface area contributed by atoms with Crippen molar-refractivity contribution in [1.29, 1.82) is 0 Å². The molecule has 8 nitrogen and oxygen atoms in total. The van der Waals surface area contributed by atoms with Gasteiger partial charge >= 0.3 is 0 Å². The molecular formula is C30H35Cl2N3O5S. The van der Waals surface area contributed by atoms with Gasteiger partial charge in [0.2, 0.25) is 11.8 Å². The third kappa shape index (κ3) is 8.38. The first-order valence-corrected chi connectivity index (χ1v) is 15.5. The van der Waals surface area contributed by atoms with Crippen molar-refractivity contribution >= 4 is 50.7 Å². The zero-order valence-electron chi connectivity index (χ0n) is 23.5. The number of nitrogens with zero attached hydrogens (tertiary/aromatic N) is 2. The Morgan fingerprint density at radius 2 is 1.51 bits per heavy atom. The number of ether oxygens (including phenoxy) is 1. The van der Waals surface area contributed by atoms with E-state index < -0.39 is 28.5 Å². The van der Waals surface area contributed by atoms with E-state index in [1.165, 1.54) is 17.0 Å². The molecule has 3 rings (SSSR count). The van der Waals surface area contributed by atoms with Gasteiger partial charge in [0.25, 0.3) is 10.0 Å². The van der Waals surface area contributed by atoms with Gasteiger partial charge < -0.3 is 15.0 Å². The van der Waals surface area contributed by atoms with Gasteiger partial charge in [0.05, 0.1) is 17.2 Å². The second-order valence-corrected chi connectivity index (χ2v) is 12.5. The highest BCUT2D eigenvalue weighted by Gasteiger charge is 2.33. The molecule has 0 heterocycles. The third-order valence-corrected chi connectivity index (χ3v) is 8.78. The lowest BCUT2D eigenvalue weighted by Gasteiger charge is -2.32. The molecule has 0 radical (unpaired) electrons. The molecule has 11 heteroatoms. The van der Waals surface area contributed by atoms with Crippen LogP contribution < -0.4 is 14.4 Å². The summed E-state index contributed by atoms with van der Waals surface area (Å²) in [6.45, 7) is 7.54. The van der Waals surface area contributed by atoms with Crippen LogP contribution in [-0.4, -0.2) is 50.9 Å². The van der Waals surface area contributed by atoms with Gasteiger partial charge in [-0.25, -0.2) is 8.42 Å². The molecule has 0 fully saturated rings. The van der Waals surface area contributed by atoms with E-state index in [-0.39, 0.29) is 29.0 Å². The number of hydrogen-bond acceptors (Lipinski definition) is 5. The first kappa shape index (κ1) is 32.2. The Bertz CT molecular complexity index is 1410. The first-order chi connectivity index (χ1) is 19.4. The number of nitrogens with one attached hydrogen (secondary N) is 1. The number of rotatable bonds is 13. The number of amides is 2. The second-order valence-electron chi connectivity index (χ2n) is 9.79. The summed E-state index contributed by atoms with van der Waals surface area (Å²) in [5.74, 6) is -0.236. The zero-order chi connectivity index (χ0) is 30.2. The Kier molecular flexibility index (Phi) is 11.5. The van der Waals surface area contributed by atoms with Crippen LogP contribution in [0.4, 0.5) is 5.69 Å². The summed E-state index contributed by atoms with van der Waals surface area (Å²) < 4.78 is 34.2. The fourth-order valence-electron chi connectivity index (χ4n) is 4.01. The summed E-state index contributed by atoms with van der Waals surface area (Å²) in [6, 6.07) is 18.3. The number of sulfonamides is 1. The molecular weight excluding hydrogens is 585 g/mol. The lowest BCUT2D eigenvalue weighted by Crippen LogP contribution is -2.51.